The van der Waals surface area contributed by atoms with Gasteiger partial charge < -0.3 is 15.5 Å². The number of thiophene rings is 1. The highest BCUT2D eigenvalue weighted by Gasteiger charge is 2.16. The van der Waals surface area contributed by atoms with Gasteiger partial charge in [-0.1, -0.05) is 26.7 Å². The molecule has 0 aliphatic carbocycles. The number of carboxylic acid groups (broad SMARTS) is 1. The average Bonchev–Trinajstić information content (AvgIpc) is 2.79. The molecular formula is C13H21NO3S. The normalized spacial score (nSPS) is 12.9. The van der Waals surface area contributed by atoms with Crippen LogP contribution in [0, 0.1) is 5.92 Å². The van der Waals surface area contributed by atoms with Crippen LogP contribution in [0.2, 0.25) is 0 Å². The average molecular weight is 271 g/mol. The molecule has 0 radical (unpaired) electrons. The third-order valence-corrected chi connectivity index (χ3v) is 4.15. The van der Waals surface area contributed by atoms with E-state index >= 15 is 0 Å². The van der Waals surface area contributed by atoms with Gasteiger partial charge in [0.05, 0.1) is 6.10 Å². The first kappa shape index (κ1) is 15.1. The van der Waals surface area contributed by atoms with Gasteiger partial charge in [-0.3, -0.25) is 0 Å². The molecule has 18 heavy (non-hydrogen) atoms. The predicted molar refractivity (Wildman–Crippen MR) is 73.1 cm³/mol. The van der Waals surface area contributed by atoms with E-state index in [2.05, 4.69) is 19.2 Å². The minimum absolute atomic E-state index is 0.305. The summed E-state index contributed by atoms with van der Waals surface area (Å²) in [5.41, 5.74) is 0.782. The first-order valence-electron chi connectivity index (χ1n) is 6.28. The summed E-state index contributed by atoms with van der Waals surface area (Å²) in [6, 6.07) is 1.81. The second-order valence-electron chi connectivity index (χ2n) is 4.35. The Morgan fingerprint density at radius 3 is 2.67 bits per heavy atom. The van der Waals surface area contributed by atoms with E-state index in [0.29, 0.717) is 23.9 Å². The van der Waals surface area contributed by atoms with Crippen LogP contribution in [0.3, 0.4) is 0 Å². The number of aromatic carboxylic acids is 1. The van der Waals surface area contributed by atoms with Gasteiger partial charge in [0.1, 0.15) is 4.88 Å². The zero-order valence-electron chi connectivity index (χ0n) is 10.8. The van der Waals surface area contributed by atoms with Gasteiger partial charge in [0.25, 0.3) is 0 Å². The van der Waals surface area contributed by atoms with E-state index in [9.17, 15) is 9.90 Å². The summed E-state index contributed by atoms with van der Waals surface area (Å²) < 4.78 is 0. The van der Waals surface area contributed by atoms with Crippen LogP contribution in [-0.2, 0) is 6.54 Å². The standard InChI is InChI=1S/C13H21NO3S/c1-3-9(4-2)11(15)8-14-7-10-5-6-18-12(10)13(16)17/h5-6,9,11,14-15H,3-4,7-8H2,1-2H3,(H,16,17). The maximum atomic E-state index is 10.9. The molecule has 1 aromatic rings. The van der Waals surface area contributed by atoms with Gasteiger partial charge >= 0.3 is 5.97 Å². The van der Waals surface area contributed by atoms with E-state index in [-0.39, 0.29) is 6.10 Å². The maximum Gasteiger partial charge on any atom is 0.346 e. The van der Waals surface area contributed by atoms with Crippen LogP contribution in [0.25, 0.3) is 0 Å². The van der Waals surface area contributed by atoms with Gasteiger partial charge in [0.2, 0.25) is 0 Å². The van der Waals surface area contributed by atoms with Crippen LogP contribution in [-0.4, -0.2) is 28.8 Å². The van der Waals surface area contributed by atoms with Crippen molar-refractivity contribution in [1.82, 2.24) is 5.32 Å². The number of aliphatic hydroxyl groups is 1. The van der Waals surface area contributed by atoms with Crippen LogP contribution in [0.5, 0.6) is 0 Å². The molecule has 102 valence electrons. The number of nitrogens with one attached hydrogen (secondary N) is 1. The van der Waals surface area contributed by atoms with Crippen molar-refractivity contribution < 1.29 is 15.0 Å². The summed E-state index contributed by atoms with van der Waals surface area (Å²) in [4.78, 5) is 11.3. The Morgan fingerprint density at radius 1 is 1.44 bits per heavy atom. The third kappa shape index (κ3) is 4.08. The van der Waals surface area contributed by atoms with Crippen molar-refractivity contribution in [2.24, 2.45) is 5.92 Å². The van der Waals surface area contributed by atoms with Gasteiger partial charge in [0.15, 0.2) is 0 Å². The molecule has 5 heteroatoms. The first-order chi connectivity index (χ1) is 8.60. The Bertz CT molecular complexity index is 374. The number of rotatable bonds is 8. The molecule has 0 spiro atoms. The van der Waals surface area contributed by atoms with E-state index in [1.807, 2.05) is 6.07 Å². The summed E-state index contributed by atoms with van der Waals surface area (Å²) in [5, 5.41) is 23.8. The quantitative estimate of drug-likeness (QED) is 0.679. The molecule has 0 aliphatic rings. The number of aliphatic hydroxyl groups excluding tert-OH is 1. The Kier molecular flexibility index (Phi) is 6.32. The van der Waals surface area contributed by atoms with Crippen LogP contribution in [0.15, 0.2) is 11.4 Å². The van der Waals surface area contributed by atoms with E-state index < -0.39 is 5.97 Å². The lowest BCUT2D eigenvalue weighted by Gasteiger charge is -2.20. The zero-order valence-corrected chi connectivity index (χ0v) is 11.7. The molecular weight excluding hydrogens is 250 g/mol. The minimum Gasteiger partial charge on any atom is -0.477 e. The molecule has 0 saturated carbocycles. The van der Waals surface area contributed by atoms with Crippen molar-refractivity contribution in [3.8, 4) is 0 Å². The first-order valence-corrected chi connectivity index (χ1v) is 7.16. The molecule has 1 atom stereocenters. The highest BCUT2D eigenvalue weighted by Crippen LogP contribution is 2.17. The zero-order chi connectivity index (χ0) is 13.5. The minimum atomic E-state index is -0.887. The fourth-order valence-electron chi connectivity index (χ4n) is 2.02. The smallest absolute Gasteiger partial charge is 0.346 e. The molecule has 0 aliphatic heterocycles. The Balaban J connectivity index is 2.42. The lowest BCUT2D eigenvalue weighted by molar-refractivity contribution is 0.0701. The topological polar surface area (TPSA) is 69.6 Å². The van der Waals surface area contributed by atoms with Crippen molar-refractivity contribution in [3.63, 3.8) is 0 Å². The predicted octanol–water partition coefficient (Wildman–Crippen LogP) is 2.33. The van der Waals surface area contributed by atoms with E-state index in [1.165, 1.54) is 11.3 Å². The molecule has 4 nitrogen and oxygen atoms in total. The molecule has 0 amide bonds. The summed E-state index contributed by atoms with van der Waals surface area (Å²) in [6.07, 6.45) is 1.54. The van der Waals surface area contributed by atoms with Gasteiger partial charge in [-0.25, -0.2) is 4.79 Å². The summed E-state index contributed by atoms with van der Waals surface area (Å²) in [5.74, 6) is -0.582. The number of carboxylic acids is 1. The number of hydrogen-bond acceptors (Lipinski definition) is 4. The molecule has 1 aromatic heterocycles. The number of carbonyl (C=O) groups is 1. The molecule has 1 unspecified atom stereocenters. The lowest BCUT2D eigenvalue weighted by atomic mass is 9.96. The van der Waals surface area contributed by atoms with E-state index in [0.717, 1.165) is 18.4 Å². The van der Waals surface area contributed by atoms with Crippen LogP contribution in [0.4, 0.5) is 0 Å². The third-order valence-electron chi connectivity index (χ3n) is 3.20. The molecule has 0 aromatic carbocycles. The van der Waals surface area contributed by atoms with Crippen molar-refractivity contribution in [2.75, 3.05) is 6.54 Å². The summed E-state index contributed by atoms with van der Waals surface area (Å²) >= 11 is 1.23. The summed E-state index contributed by atoms with van der Waals surface area (Å²) in [7, 11) is 0. The molecule has 1 heterocycles. The van der Waals surface area contributed by atoms with Gasteiger partial charge in [-0.15, -0.1) is 11.3 Å². The maximum absolute atomic E-state index is 10.9. The number of hydrogen-bond donors (Lipinski definition) is 3. The second-order valence-corrected chi connectivity index (χ2v) is 5.27. The van der Waals surface area contributed by atoms with Crippen LogP contribution in [0.1, 0.15) is 41.9 Å². The molecule has 0 saturated heterocycles. The second kappa shape index (κ2) is 7.51. The van der Waals surface area contributed by atoms with Crippen LogP contribution >= 0.6 is 11.3 Å². The Morgan fingerprint density at radius 2 is 2.11 bits per heavy atom. The molecule has 1 rings (SSSR count). The van der Waals surface area contributed by atoms with Crippen molar-refractivity contribution >= 4 is 17.3 Å². The lowest BCUT2D eigenvalue weighted by Crippen LogP contribution is -2.32. The fraction of sp³-hybridized carbons (Fsp3) is 0.615. The summed E-state index contributed by atoms with van der Waals surface area (Å²) in [6.45, 7) is 5.13. The van der Waals surface area contributed by atoms with E-state index in [1.54, 1.807) is 5.38 Å². The highest BCUT2D eigenvalue weighted by atomic mass is 32.1. The van der Waals surface area contributed by atoms with Gasteiger partial charge in [-0.05, 0) is 22.9 Å². The van der Waals surface area contributed by atoms with E-state index in [4.69, 9.17) is 5.11 Å². The van der Waals surface area contributed by atoms with Crippen molar-refractivity contribution in [2.45, 2.75) is 39.3 Å². The molecule has 3 N–H and O–H groups in total. The Hall–Kier alpha value is -0.910. The van der Waals surface area contributed by atoms with Gasteiger partial charge in [-0.2, -0.15) is 0 Å². The van der Waals surface area contributed by atoms with Gasteiger partial charge in [0, 0.05) is 13.1 Å². The molecule has 0 fully saturated rings. The van der Waals surface area contributed by atoms with Crippen molar-refractivity contribution in [1.29, 1.82) is 0 Å². The SMILES string of the molecule is CCC(CC)C(O)CNCc1ccsc1C(=O)O. The van der Waals surface area contributed by atoms with Crippen molar-refractivity contribution in [3.05, 3.63) is 21.9 Å². The Labute approximate surface area is 112 Å². The van der Waals surface area contributed by atoms with Crippen LogP contribution < -0.4 is 5.32 Å². The highest BCUT2D eigenvalue weighted by molar-refractivity contribution is 7.12. The molecule has 0 bridgehead atoms. The largest absolute Gasteiger partial charge is 0.477 e. The monoisotopic (exact) mass is 271 g/mol. The fourth-order valence-corrected chi connectivity index (χ4v) is 2.78.